The number of hydrogen-bond donors (Lipinski definition) is 1. The smallest absolute Gasteiger partial charge is 0.210 e. The van der Waals surface area contributed by atoms with Crippen molar-refractivity contribution in [2.45, 2.75) is 37.6 Å². The number of hydrogen-bond acceptors (Lipinski definition) is 8. The summed E-state index contributed by atoms with van der Waals surface area (Å²) < 4.78 is 26.5. The fourth-order valence-electron chi connectivity index (χ4n) is 3.97. The molecule has 3 aromatic rings. The number of ketones is 1. The number of sulfone groups is 1. The molecule has 1 aliphatic rings. The quantitative estimate of drug-likeness (QED) is 0.400. The molecule has 1 aromatic carbocycles. The third kappa shape index (κ3) is 5.02. The Labute approximate surface area is 190 Å². The van der Waals surface area contributed by atoms with Crippen LogP contribution in [0.3, 0.4) is 0 Å². The van der Waals surface area contributed by atoms with Gasteiger partial charge < -0.3 is 9.88 Å². The van der Waals surface area contributed by atoms with Gasteiger partial charge in [0.05, 0.1) is 17.3 Å². The Balaban J connectivity index is 1.41. The molecule has 31 heavy (non-hydrogen) atoms. The molecular weight excluding hydrogens is 452 g/mol. The van der Waals surface area contributed by atoms with E-state index in [0.717, 1.165) is 27.0 Å². The topological polar surface area (TPSA) is 93.9 Å². The van der Waals surface area contributed by atoms with E-state index >= 15 is 0 Å². The molecule has 4 rings (SSSR count). The van der Waals surface area contributed by atoms with Crippen molar-refractivity contribution in [3.05, 3.63) is 52.8 Å². The van der Waals surface area contributed by atoms with Gasteiger partial charge in [0.2, 0.25) is 5.13 Å². The number of anilines is 2. The fourth-order valence-corrected chi connectivity index (χ4v) is 7.33. The number of Topliss-reactive ketones (excluding diaryl/α,β-unsaturated/α-hetero) is 1. The zero-order chi connectivity index (χ0) is 22.2. The summed E-state index contributed by atoms with van der Waals surface area (Å²) in [4.78, 5) is 12.9. The first kappa shape index (κ1) is 22.0. The Kier molecular flexibility index (Phi) is 6.23. The van der Waals surface area contributed by atoms with Crippen molar-refractivity contribution < 1.29 is 13.2 Å². The van der Waals surface area contributed by atoms with Crippen LogP contribution in [0.1, 0.15) is 39.8 Å². The molecule has 0 amide bonds. The predicted octanol–water partition coefficient (Wildman–Crippen LogP) is 4.34. The van der Waals surface area contributed by atoms with Gasteiger partial charge in [-0.1, -0.05) is 35.2 Å². The van der Waals surface area contributed by atoms with E-state index in [1.807, 2.05) is 55.7 Å². The minimum atomic E-state index is -2.99. The van der Waals surface area contributed by atoms with Gasteiger partial charge in [-0.3, -0.25) is 4.79 Å². The summed E-state index contributed by atoms with van der Waals surface area (Å²) in [6.45, 7) is 5.85. The lowest BCUT2D eigenvalue weighted by atomic mass is 10.2. The van der Waals surface area contributed by atoms with E-state index in [1.165, 1.54) is 23.1 Å². The van der Waals surface area contributed by atoms with Crippen LogP contribution < -0.4 is 5.32 Å². The zero-order valence-electron chi connectivity index (χ0n) is 17.6. The van der Waals surface area contributed by atoms with Crippen LogP contribution in [-0.4, -0.2) is 46.2 Å². The lowest BCUT2D eigenvalue weighted by Crippen LogP contribution is -2.14. The van der Waals surface area contributed by atoms with Gasteiger partial charge in [-0.2, -0.15) is 0 Å². The number of nitrogens with one attached hydrogen (secondary N) is 1. The van der Waals surface area contributed by atoms with Gasteiger partial charge in [0.15, 0.2) is 20.0 Å². The van der Waals surface area contributed by atoms with Crippen LogP contribution in [0.2, 0.25) is 0 Å². The van der Waals surface area contributed by atoms with Crippen molar-refractivity contribution in [1.29, 1.82) is 0 Å². The predicted molar refractivity (Wildman–Crippen MR) is 126 cm³/mol. The van der Waals surface area contributed by atoms with Crippen LogP contribution in [0.25, 0.3) is 0 Å². The van der Waals surface area contributed by atoms with Gasteiger partial charge >= 0.3 is 0 Å². The molecule has 0 saturated carbocycles. The summed E-state index contributed by atoms with van der Waals surface area (Å²) in [5.74, 6) is 0.622. The van der Waals surface area contributed by atoms with E-state index in [1.54, 1.807) is 0 Å². The van der Waals surface area contributed by atoms with E-state index in [9.17, 15) is 13.2 Å². The summed E-state index contributed by atoms with van der Waals surface area (Å²) in [5.41, 5.74) is 4.52. The highest BCUT2D eigenvalue weighted by Gasteiger charge is 2.31. The van der Waals surface area contributed by atoms with Crippen molar-refractivity contribution >= 4 is 49.5 Å². The number of aromatic nitrogens is 3. The minimum Gasteiger partial charge on any atom is -0.344 e. The monoisotopic (exact) mass is 476 g/mol. The van der Waals surface area contributed by atoms with Gasteiger partial charge in [0.25, 0.3) is 0 Å². The number of benzene rings is 1. The van der Waals surface area contributed by atoms with E-state index in [0.29, 0.717) is 17.1 Å². The Bertz CT molecular complexity index is 1230. The number of carbonyl (C=O) groups is 1. The number of aryl methyl sites for hydroxylation is 2. The summed E-state index contributed by atoms with van der Waals surface area (Å²) >= 11 is 2.77. The number of carbonyl (C=O) groups excluding carboxylic acids is 1. The Hall–Kier alpha value is -2.17. The molecular formula is C21H24N4O3S3. The molecule has 0 spiro atoms. The standard InChI is InChI=1S/C21H24N4O3S3/c1-13-5-4-6-16(9-13)22-20-23-24-21(30-20)29-11-19(26)18-10-14(2)25(15(18)3)17-7-8-31(27,28)12-17/h4-6,9-10,17H,7-8,11-12H2,1-3H3,(H,22,23)/t17-/m0/s1. The van der Waals surface area contributed by atoms with E-state index in [2.05, 4.69) is 15.5 Å². The van der Waals surface area contributed by atoms with E-state index in [-0.39, 0.29) is 29.1 Å². The largest absolute Gasteiger partial charge is 0.344 e. The summed E-state index contributed by atoms with van der Waals surface area (Å²) in [6.07, 6.45) is 0.600. The van der Waals surface area contributed by atoms with Crippen molar-refractivity contribution in [1.82, 2.24) is 14.8 Å². The van der Waals surface area contributed by atoms with Gasteiger partial charge in [-0.05, 0) is 51.0 Å². The van der Waals surface area contributed by atoms with Crippen LogP contribution in [-0.2, 0) is 9.84 Å². The first-order valence-electron chi connectivity index (χ1n) is 9.94. The average molecular weight is 477 g/mol. The van der Waals surface area contributed by atoms with Crippen molar-refractivity contribution in [3.8, 4) is 0 Å². The second kappa shape index (κ2) is 8.76. The Morgan fingerprint density at radius 2 is 2.06 bits per heavy atom. The number of rotatable bonds is 7. The lowest BCUT2D eigenvalue weighted by molar-refractivity contribution is 0.102. The molecule has 7 nitrogen and oxygen atoms in total. The molecule has 0 radical (unpaired) electrons. The SMILES string of the molecule is Cc1cccc(Nc2nnc(SCC(=O)c3cc(C)n([C@H]4CCS(=O)(=O)C4)c3C)s2)c1. The average Bonchev–Trinajstić information content (AvgIpc) is 3.37. The molecule has 1 N–H and O–H groups in total. The second-order valence-corrected chi connectivity index (χ2v) is 12.2. The molecule has 0 aliphatic carbocycles. The fraction of sp³-hybridized carbons (Fsp3) is 0.381. The highest BCUT2D eigenvalue weighted by Crippen LogP contribution is 2.31. The van der Waals surface area contributed by atoms with Gasteiger partial charge in [-0.25, -0.2) is 8.42 Å². The van der Waals surface area contributed by atoms with Crippen LogP contribution in [0.5, 0.6) is 0 Å². The van der Waals surface area contributed by atoms with Crippen molar-refractivity contribution in [2.24, 2.45) is 0 Å². The van der Waals surface area contributed by atoms with Crippen LogP contribution in [0.4, 0.5) is 10.8 Å². The Morgan fingerprint density at radius 1 is 1.26 bits per heavy atom. The third-order valence-corrected chi connectivity index (χ3v) is 9.08. The van der Waals surface area contributed by atoms with Crippen molar-refractivity contribution in [2.75, 3.05) is 22.6 Å². The summed E-state index contributed by atoms with van der Waals surface area (Å²) in [7, 11) is -2.99. The van der Waals surface area contributed by atoms with E-state index < -0.39 is 9.84 Å². The molecule has 0 unspecified atom stereocenters. The third-order valence-electron chi connectivity index (χ3n) is 5.36. The maximum atomic E-state index is 12.9. The summed E-state index contributed by atoms with van der Waals surface area (Å²) in [6, 6.07) is 9.79. The van der Waals surface area contributed by atoms with Crippen molar-refractivity contribution in [3.63, 3.8) is 0 Å². The normalized spacial score (nSPS) is 17.7. The number of nitrogens with zero attached hydrogens (tertiary/aromatic N) is 3. The van der Waals surface area contributed by atoms with Gasteiger partial charge in [0, 0.05) is 28.7 Å². The number of thioether (sulfide) groups is 1. The highest BCUT2D eigenvalue weighted by atomic mass is 32.2. The van der Waals surface area contributed by atoms with Crippen LogP contribution in [0, 0.1) is 20.8 Å². The molecule has 1 aliphatic heterocycles. The zero-order valence-corrected chi connectivity index (χ0v) is 20.0. The molecule has 10 heteroatoms. The molecule has 0 bridgehead atoms. The van der Waals surface area contributed by atoms with Gasteiger partial charge in [0.1, 0.15) is 0 Å². The first-order chi connectivity index (χ1) is 14.7. The maximum absolute atomic E-state index is 12.9. The maximum Gasteiger partial charge on any atom is 0.210 e. The molecule has 2 aromatic heterocycles. The Morgan fingerprint density at radius 3 is 2.77 bits per heavy atom. The molecule has 1 saturated heterocycles. The van der Waals surface area contributed by atoms with Crippen LogP contribution >= 0.6 is 23.1 Å². The second-order valence-electron chi connectivity index (χ2n) is 7.79. The highest BCUT2D eigenvalue weighted by molar-refractivity contribution is 8.01. The van der Waals surface area contributed by atoms with Crippen LogP contribution in [0.15, 0.2) is 34.7 Å². The summed E-state index contributed by atoms with van der Waals surface area (Å²) in [5, 5.41) is 12.2. The first-order valence-corrected chi connectivity index (χ1v) is 13.6. The molecule has 3 heterocycles. The van der Waals surface area contributed by atoms with E-state index in [4.69, 9.17) is 0 Å². The van der Waals surface area contributed by atoms with Gasteiger partial charge in [-0.15, -0.1) is 10.2 Å². The lowest BCUT2D eigenvalue weighted by Gasteiger charge is -2.16. The molecule has 164 valence electrons. The minimum absolute atomic E-state index is 0.00796. The molecule has 1 atom stereocenters. The molecule has 1 fully saturated rings.